The van der Waals surface area contributed by atoms with Crippen molar-refractivity contribution in [2.24, 2.45) is 11.8 Å². The van der Waals surface area contributed by atoms with Crippen LogP contribution in [0, 0.1) is 5.92 Å². The largest absolute Gasteiger partial charge is 0.474 e. The molecule has 0 aliphatic heterocycles. The highest BCUT2D eigenvalue weighted by atomic mass is 16.5. The first-order valence-corrected chi connectivity index (χ1v) is 6.05. The summed E-state index contributed by atoms with van der Waals surface area (Å²) in [4.78, 5) is 8.42. The van der Waals surface area contributed by atoms with Crippen LogP contribution in [0.5, 0.6) is 5.88 Å². The number of hydrogen-bond acceptors (Lipinski definition) is 6. The molecule has 1 aromatic rings. The van der Waals surface area contributed by atoms with E-state index in [2.05, 4.69) is 29.2 Å². The number of methoxy groups -OCH3 is 1. The molecular weight excluding hydrogens is 232 g/mol. The summed E-state index contributed by atoms with van der Waals surface area (Å²) in [5, 5.41) is 0. The highest BCUT2D eigenvalue weighted by Gasteiger charge is 2.10. The van der Waals surface area contributed by atoms with Crippen molar-refractivity contribution in [2.45, 2.75) is 39.9 Å². The van der Waals surface area contributed by atoms with Crippen LogP contribution in [0.15, 0.2) is 6.07 Å². The number of nitrogens with zero attached hydrogens (tertiary/aromatic N) is 2. The molecule has 3 N–H and O–H groups in total. The van der Waals surface area contributed by atoms with E-state index in [0.29, 0.717) is 30.0 Å². The second-order valence-corrected chi connectivity index (χ2v) is 4.64. The van der Waals surface area contributed by atoms with Gasteiger partial charge in [0, 0.05) is 13.2 Å². The van der Waals surface area contributed by atoms with Crippen molar-refractivity contribution in [3.8, 4) is 5.88 Å². The first kappa shape index (κ1) is 14.7. The van der Waals surface area contributed by atoms with Gasteiger partial charge in [0.25, 0.3) is 0 Å². The Labute approximate surface area is 108 Å². The topological polar surface area (TPSA) is 82.3 Å². The molecule has 0 radical (unpaired) electrons. The van der Waals surface area contributed by atoms with Crippen molar-refractivity contribution < 1.29 is 9.47 Å². The summed E-state index contributed by atoms with van der Waals surface area (Å²) in [7, 11) is 1.59. The fourth-order valence-electron chi connectivity index (χ4n) is 1.72. The molecule has 1 aromatic heterocycles. The monoisotopic (exact) mass is 254 g/mol. The third-order valence-corrected chi connectivity index (χ3v) is 2.30. The minimum atomic E-state index is 0.0981. The minimum absolute atomic E-state index is 0.0981. The molecule has 0 aliphatic rings. The fraction of sp³-hybridized carbons (Fsp3) is 0.667. The first-order chi connectivity index (χ1) is 8.55. The van der Waals surface area contributed by atoms with Crippen molar-refractivity contribution in [3.63, 3.8) is 0 Å². The molecule has 0 amide bonds. The highest BCUT2D eigenvalue weighted by Crippen LogP contribution is 2.17. The third-order valence-electron chi connectivity index (χ3n) is 2.30. The lowest BCUT2D eigenvalue weighted by Gasteiger charge is -2.16. The summed E-state index contributed by atoms with van der Waals surface area (Å²) in [5.41, 5.74) is 2.49. The van der Waals surface area contributed by atoms with E-state index in [9.17, 15) is 0 Å². The lowest BCUT2D eigenvalue weighted by molar-refractivity contribution is 0.168. The molecule has 0 fully saturated rings. The van der Waals surface area contributed by atoms with Gasteiger partial charge in [0.2, 0.25) is 5.88 Å². The number of rotatable bonds is 7. The minimum Gasteiger partial charge on any atom is -0.474 e. The quantitative estimate of drug-likeness (QED) is 0.569. The predicted molar refractivity (Wildman–Crippen MR) is 70.1 cm³/mol. The molecule has 102 valence electrons. The van der Waals surface area contributed by atoms with Crippen LogP contribution in [0.2, 0.25) is 0 Å². The van der Waals surface area contributed by atoms with Crippen molar-refractivity contribution in [1.29, 1.82) is 0 Å². The Bertz CT molecular complexity index is 371. The molecule has 0 spiro atoms. The van der Waals surface area contributed by atoms with Crippen molar-refractivity contribution >= 4 is 5.82 Å². The van der Waals surface area contributed by atoms with Crippen molar-refractivity contribution in [3.05, 3.63) is 11.9 Å². The number of nitrogen functional groups attached to an aromatic ring is 1. The van der Waals surface area contributed by atoms with Crippen LogP contribution < -0.4 is 16.0 Å². The Kier molecular flexibility index (Phi) is 5.80. The van der Waals surface area contributed by atoms with Gasteiger partial charge in [-0.05, 0) is 19.3 Å². The van der Waals surface area contributed by atoms with Crippen LogP contribution in [-0.2, 0) is 11.3 Å². The maximum Gasteiger partial charge on any atom is 0.219 e. The van der Waals surface area contributed by atoms with E-state index in [1.165, 1.54) is 0 Å². The molecular formula is C12H22N4O2. The zero-order valence-electron chi connectivity index (χ0n) is 11.4. The Morgan fingerprint density at radius 1 is 1.33 bits per heavy atom. The number of nitrogens with two attached hydrogens (primary N) is 1. The summed E-state index contributed by atoms with van der Waals surface area (Å²) in [6, 6.07) is 1.68. The van der Waals surface area contributed by atoms with Gasteiger partial charge in [-0.15, -0.1) is 0 Å². The summed E-state index contributed by atoms with van der Waals surface area (Å²) in [5.74, 6) is 7.51. The maximum atomic E-state index is 5.75. The Morgan fingerprint density at radius 3 is 2.61 bits per heavy atom. The van der Waals surface area contributed by atoms with Crippen LogP contribution in [0.4, 0.5) is 5.82 Å². The van der Waals surface area contributed by atoms with Crippen LogP contribution in [0.25, 0.3) is 0 Å². The molecule has 6 nitrogen and oxygen atoms in total. The lowest BCUT2D eigenvalue weighted by atomic mass is 10.1. The fourth-order valence-corrected chi connectivity index (χ4v) is 1.72. The first-order valence-electron chi connectivity index (χ1n) is 6.05. The van der Waals surface area contributed by atoms with E-state index < -0.39 is 0 Å². The van der Waals surface area contributed by atoms with Gasteiger partial charge in [0.05, 0.1) is 6.10 Å². The molecule has 1 rings (SSSR count). The molecule has 18 heavy (non-hydrogen) atoms. The van der Waals surface area contributed by atoms with Gasteiger partial charge >= 0.3 is 0 Å². The summed E-state index contributed by atoms with van der Waals surface area (Å²) >= 11 is 0. The highest BCUT2D eigenvalue weighted by molar-refractivity contribution is 5.36. The van der Waals surface area contributed by atoms with Crippen LogP contribution in [-0.4, -0.2) is 23.2 Å². The number of anilines is 1. The van der Waals surface area contributed by atoms with E-state index in [1.807, 2.05) is 6.92 Å². The van der Waals surface area contributed by atoms with E-state index in [4.69, 9.17) is 15.3 Å². The SMILES string of the molecule is COCc1nc(NN)cc(OC(C)CC(C)C)n1. The van der Waals surface area contributed by atoms with Crippen molar-refractivity contribution in [2.75, 3.05) is 12.5 Å². The molecule has 1 atom stereocenters. The molecule has 0 saturated heterocycles. The number of nitrogens with one attached hydrogen (secondary N) is 1. The Morgan fingerprint density at radius 2 is 2.06 bits per heavy atom. The summed E-state index contributed by atoms with van der Waals surface area (Å²) in [6.45, 7) is 6.66. The van der Waals surface area contributed by atoms with Crippen LogP contribution >= 0.6 is 0 Å². The number of aromatic nitrogens is 2. The van der Waals surface area contributed by atoms with E-state index >= 15 is 0 Å². The third kappa shape index (κ3) is 4.85. The van der Waals surface area contributed by atoms with Gasteiger partial charge in [-0.1, -0.05) is 13.8 Å². The zero-order valence-corrected chi connectivity index (χ0v) is 11.4. The second-order valence-electron chi connectivity index (χ2n) is 4.64. The van der Waals surface area contributed by atoms with Gasteiger partial charge in [-0.3, -0.25) is 0 Å². The van der Waals surface area contributed by atoms with E-state index in [-0.39, 0.29) is 6.10 Å². The zero-order chi connectivity index (χ0) is 13.5. The van der Waals surface area contributed by atoms with Gasteiger partial charge < -0.3 is 14.9 Å². The number of ether oxygens (including phenoxy) is 2. The van der Waals surface area contributed by atoms with Crippen LogP contribution in [0.1, 0.15) is 33.0 Å². The van der Waals surface area contributed by atoms with Gasteiger partial charge in [-0.2, -0.15) is 4.98 Å². The predicted octanol–water partition coefficient (Wildman–Crippen LogP) is 1.72. The summed E-state index contributed by atoms with van der Waals surface area (Å²) < 4.78 is 10.8. The van der Waals surface area contributed by atoms with Gasteiger partial charge in [-0.25, -0.2) is 10.8 Å². The smallest absolute Gasteiger partial charge is 0.219 e. The molecule has 0 saturated carbocycles. The molecule has 1 heterocycles. The van der Waals surface area contributed by atoms with Gasteiger partial charge in [0.1, 0.15) is 12.4 Å². The van der Waals surface area contributed by atoms with E-state index in [1.54, 1.807) is 13.2 Å². The van der Waals surface area contributed by atoms with Crippen LogP contribution in [0.3, 0.4) is 0 Å². The number of hydrazine groups is 1. The molecule has 1 unspecified atom stereocenters. The molecule has 0 aliphatic carbocycles. The summed E-state index contributed by atoms with van der Waals surface area (Å²) in [6.07, 6.45) is 1.07. The van der Waals surface area contributed by atoms with Gasteiger partial charge in [0.15, 0.2) is 5.82 Å². The second kappa shape index (κ2) is 7.13. The van der Waals surface area contributed by atoms with E-state index in [0.717, 1.165) is 6.42 Å². The molecule has 6 heteroatoms. The molecule has 0 bridgehead atoms. The Hall–Kier alpha value is -1.40. The standard InChI is InChI=1S/C12H22N4O2/c1-8(2)5-9(3)18-12-6-10(16-13)14-11(15-12)7-17-4/h6,8-9H,5,7,13H2,1-4H3,(H,14,15,16). The normalized spacial score (nSPS) is 12.6. The molecule has 0 aromatic carbocycles. The number of hydrogen-bond donors (Lipinski definition) is 2. The lowest BCUT2D eigenvalue weighted by Crippen LogP contribution is -2.17. The average Bonchev–Trinajstić information content (AvgIpc) is 2.27. The van der Waals surface area contributed by atoms with Crippen molar-refractivity contribution in [1.82, 2.24) is 9.97 Å². The Balaban J connectivity index is 2.77. The maximum absolute atomic E-state index is 5.75. The average molecular weight is 254 g/mol.